The number of nitrogens with zero attached hydrogens (tertiary/aromatic N) is 2. The van der Waals surface area contributed by atoms with Crippen LogP contribution in [0, 0.1) is 30.2 Å². The predicted octanol–water partition coefficient (Wildman–Crippen LogP) is 3.76. The Labute approximate surface area is 107 Å². The molecule has 0 radical (unpaired) electrons. The lowest BCUT2D eigenvalue weighted by atomic mass is 10.1. The quantitative estimate of drug-likeness (QED) is 0.579. The van der Waals surface area contributed by atoms with Crippen LogP contribution >= 0.6 is 0 Å². The molecule has 0 atom stereocenters. The number of aromatic nitrogens is 2. The molecule has 0 aliphatic heterocycles. The molecule has 0 aliphatic rings. The molecule has 1 aromatic carbocycles. The fourth-order valence-corrected chi connectivity index (χ4v) is 1.61. The minimum absolute atomic E-state index is 0.393. The molecule has 9 heteroatoms. The van der Waals surface area contributed by atoms with E-state index in [4.69, 9.17) is 0 Å². The highest BCUT2D eigenvalue weighted by Gasteiger charge is 2.42. The molecular weight excluding hydrogens is 293 g/mol. The maximum atomic E-state index is 13.6. The summed E-state index contributed by atoms with van der Waals surface area (Å²) in [6.07, 6.45) is -3.44. The molecule has 2 aromatic rings. The molecule has 2 rings (SSSR count). The zero-order chi connectivity index (χ0) is 15.2. The first kappa shape index (κ1) is 14.4. The van der Waals surface area contributed by atoms with E-state index < -0.39 is 40.7 Å². The largest absolute Gasteiger partial charge is 0.422 e. The monoisotopic (exact) mass is 298 g/mol. The van der Waals surface area contributed by atoms with E-state index in [1.54, 1.807) is 0 Å². The van der Waals surface area contributed by atoms with Gasteiger partial charge in [0.25, 0.3) is 0 Å². The average Bonchev–Trinajstić information content (AvgIpc) is 2.72. The van der Waals surface area contributed by atoms with Gasteiger partial charge in [-0.1, -0.05) is 0 Å². The van der Waals surface area contributed by atoms with Gasteiger partial charge >= 0.3 is 6.18 Å². The predicted molar refractivity (Wildman–Crippen MR) is 53.1 cm³/mol. The Balaban J connectivity index is 2.81. The first-order chi connectivity index (χ1) is 9.14. The van der Waals surface area contributed by atoms with Crippen LogP contribution in [0.15, 0.2) is 12.4 Å². The van der Waals surface area contributed by atoms with Crippen LogP contribution in [0.2, 0.25) is 0 Å². The van der Waals surface area contributed by atoms with Crippen molar-refractivity contribution in [3.8, 4) is 5.69 Å². The summed E-state index contributed by atoms with van der Waals surface area (Å²) in [6.45, 7) is 1.47. The minimum atomic E-state index is -5.56. The van der Waals surface area contributed by atoms with Crippen molar-refractivity contribution in [2.45, 2.75) is 13.1 Å². The van der Waals surface area contributed by atoms with Gasteiger partial charge in [-0.3, -0.25) is 0 Å². The Morgan fingerprint density at radius 3 is 1.80 bits per heavy atom. The van der Waals surface area contributed by atoms with Gasteiger partial charge in [-0.2, -0.15) is 18.3 Å². The van der Waals surface area contributed by atoms with Crippen molar-refractivity contribution in [1.29, 1.82) is 0 Å². The van der Waals surface area contributed by atoms with Gasteiger partial charge in [-0.15, -0.1) is 0 Å². The molecule has 0 amide bonds. The van der Waals surface area contributed by atoms with Crippen LogP contribution in [0.1, 0.15) is 11.1 Å². The minimum Gasteiger partial charge on any atom is -0.234 e. The summed E-state index contributed by atoms with van der Waals surface area (Å²) >= 11 is 0. The van der Waals surface area contributed by atoms with E-state index in [-0.39, 0.29) is 0 Å². The maximum Gasteiger partial charge on any atom is 0.422 e. The van der Waals surface area contributed by atoms with E-state index in [1.807, 2.05) is 0 Å². The molecule has 0 fully saturated rings. The standard InChI is InChI=1S/C11H5F7N2/c1-4-2-19-20(3-4)10-8(14)6(12)5(11(16,17)18)7(13)9(10)15/h2-3H,1H3. The summed E-state index contributed by atoms with van der Waals surface area (Å²) < 4.78 is 91.4. The molecule has 1 heterocycles. The summed E-state index contributed by atoms with van der Waals surface area (Å²) in [4.78, 5) is 0. The third-order valence-corrected chi connectivity index (χ3v) is 2.46. The van der Waals surface area contributed by atoms with Crippen molar-refractivity contribution in [1.82, 2.24) is 9.78 Å². The molecule has 2 nitrogen and oxygen atoms in total. The summed E-state index contributed by atoms with van der Waals surface area (Å²) in [7, 11) is 0. The van der Waals surface area contributed by atoms with Crippen molar-refractivity contribution >= 4 is 0 Å². The van der Waals surface area contributed by atoms with E-state index in [9.17, 15) is 30.7 Å². The second-order valence-electron chi connectivity index (χ2n) is 3.94. The molecule has 0 N–H and O–H groups in total. The van der Waals surface area contributed by atoms with Gasteiger partial charge in [0, 0.05) is 6.20 Å². The van der Waals surface area contributed by atoms with Crippen LogP contribution in [0.5, 0.6) is 0 Å². The van der Waals surface area contributed by atoms with Crippen LogP contribution in [0.25, 0.3) is 5.69 Å². The van der Waals surface area contributed by atoms with Crippen LogP contribution < -0.4 is 0 Å². The highest BCUT2D eigenvalue weighted by atomic mass is 19.4. The summed E-state index contributed by atoms with van der Waals surface area (Å²) in [6, 6.07) is 0. The summed E-state index contributed by atoms with van der Waals surface area (Å²) in [5, 5.41) is 3.40. The molecule has 0 saturated heterocycles. The molecule has 0 unspecified atom stereocenters. The Bertz CT molecular complexity index is 643. The number of rotatable bonds is 1. The number of hydrogen-bond acceptors (Lipinski definition) is 1. The number of alkyl halides is 3. The van der Waals surface area contributed by atoms with Gasteiger partial charge < -0.3 is 0 Å². The summed E-state index contributed by atoms with van der Waals surface area (Å²) in [5.74, 6) is -9.36. The lowest BCUT2D eigenvalue weighted by Gasteiger charge is -2.13. The van der Waals surface area contributed by atoms with Gasteiger partial charge in [-0.25, -0.2) is 22.2 Å². The van der Waals surface area contributed by atoms with Crippen LogP contribution in [-0.4, -0.2) is 9.78 Å². The van der Waals surface area contributed by atoms with Gasteiger partial charge in [0.1, 0.15) is 11.3 Å². The smallest absolute Gasteiger partial charge is 0.234 e. The summed E-state index contributed by atoms with van der Waals surface area (Å²) in [5.41, 5.74) is -3.56. The molecule has 0 saturated carbocycles. The van der Waals surface area contributed by atoms with Crippen molar-refractivity contribution in [2.24, 2.45) is 0 Å². The second-order valence-corrected chi connectivity index (χ2v) is 3.94. The lowest BCUT2D eigenvalue weighted by molar-refractivity contribution is -0.143. The number of halogens is 7. The van der Waals surface area contributed by atoms with Crippen molar-refractivity contribution in [2.75, 3.05) is 0 Å². The molecule has 1 aromatic heterocycles. The SMILES string of the molecule is Cc1cnn(-c2c(F)c(F)c(C(F)(F)F)c(F)c2F)c1. The third-order valence-electron chi connectivity index (χ3n) is 2.46. The Hall–Kier alpha value is -2.06. The Kier molecular flexibility index (Phi) is 3.23. The topological polar surface area (TPSA) is 17.8 Å². The Morgan fingerprint density at radius 2 is 1.45 bits per heavy atom. The van der Waals surface area contributed by atoms with Crippen molar-refractivity contribution in [3.05, 3.63) is 46.8 Å². The number of aryl methyl sites for hydroxylation is 1. The third kappa shape index (κ3) is 2.12. The number of benzene rings is 1. The van der Waals surface area contributed by atoms with E-state index in [1.165, 1.54) is 6.92 Å². The molecule has 108 valence electrons. The van der Waals surface area contributed by atoms with Crippen molar-refractivity contribution < 1.29 is 30.7 Å². The van der Waals surface area contributed by atoms with Crippen LogP contribution in [0.4, 0.5) is 30.7 Å². The zero-order valence-electron chi connectivity index (χ0n) is 9.69. The molecule has 0 spiro atoms. The molecular formula is C11H5F7N2. The number of hydrogen-bond donors (Lipinski definition) is 0. The zero-order valence-corrected chi connectivity index (χ0v) is 9.69. The molecule has 0 aliphatic carbocycles. The maximum absolute atomic E-state index is 13.6. The van der Waals surface area contributed by atoms with Crippen LogP contribution in [-0.2, 0) is 6.18 Å². The second kappa shape index (κ2) is 4.50. The highest BCUT2D eigenvalue weighted by Crippen LogP contribution is 2.37. The molecule has 20 heavy (non-hydrogen) atoms. The molecule has 0 bridgehead atoms. The van der Waals surface area contributed by atoms with Crippen molar-refractivity contribution in [3.63, 3.8) is 0 Å². The van der Waals surface area contributed by atoms with Gasteiger partial charge in [0.2, 0.25) is 0 Å². The lowest BCUT2D eigenvalue weighted by Crippen LogP contribution is -2.18. The van der Waals surface area contributed by atoms with E-state index in [0.29, 0.717) is 10.2 Å². The van der Waals surface area contributed by atoms with Crippen LogP contribution in [0.3, 0.4) is 0 Å². The first-order valence-corrected chi connectivity index (χ1v) is 5.09. The highest BCUT2D eigenvalue weighted by molar-refractivity contribution is 5.41. The van der Waals surface area contributed by atoms with E-state index >= 15 is 0 Å². The average molecular weight is 298 g/mol. The van der Waals surface area contributed by atoms with E-state index in [0.717, 1.165) is 12.4 Å². The first-order valence-electron chi connectivity index (χ1n) is 5.09. The fourth-order valence-electron chi connectivity index (χ4n) is 1.61. The van der Waals surface area contributed by atoms with E-state index in [2.05, 4.69) is 5.10 Å². The van der Waals surface area contributed by atoms with Gasteiger partial charge in [0.05, 0.1) is 6.20 Å². The van der Waals surface area contributed by atoms with Gasteiger partial charge in [0.15, 0.2) is 23.3 Å². The normalized spacial score (nSPS) is 12.0. The fraction of sp³-hybridized carbons (Fsp3) is 0.182. The van der Waals surface area contributed by atoms with Gasteiger partial charge in [-0.05, 0) is 12.5 Å². The Morgan fingerprint density at radius 1 is 0.950 bits per heavy atom.